The van der Waals surface area contributed by atoms with Gasteiger partial charge in [-0.1, -0.05) is 18.1 Å². The van der Waals surface area contributed by atoms with E-state index in [1.165, 1.54) is 12.8 Å². The zero-order chi connectivity index (χ0) is 13.8. The van der Waals surface area contributed by atoms with Gasteiger partial charge >= 0.3 is 0 Å². The van der Waals surface area contributed by atoms with Crippen LogP contribution in [0.5, 0.6) is 0 Å². The molecule has 0 aliphatic heterocycles. The number of thioether (sulfide) groups is 1. The first-order chi connectivity index (χ1) is 9.10. The molecule has 1 N–H and O–H groups in total. The molecule has 1 aromatic carbocycles. The van der Waals surface area contributed by atoms with Gasteiger partial charge in [0.05, 0.1) is 5.56 Å². The summed E-state index contributed by atoms with van der Waals surface area (Å²) < 4.78 is 0.868. The Labute approximate surface area is 127 Å². The van der Waals surface area contributed by atoms with Crippen LogP contribution in [0.15, 0.2) is 22.7 Å². The number of aryl methyl sites for hydroxylation is 1. The number of nitrogens with one attached hydrogen (secondary N) is 1. The lowest BCUT2D eigenvalue weighted by atomic mass is 9.94. The van der Waals surface area contributed by atoms with Gasteiger partial charge in [0.2, 0.25) is 0 Å². The quantitative estimate of drug-likeness (QED) is 0.894. The van der Waals surface area contributed by atoms with Crippen molar-refractivity contribution in [1.29, 1.82) is 0 Å². The molecule has 0 saturated heterocycles. The largest absolute Gasteiger partial charge is 0.349 e. The number of carbonyl (C=O) groups excluding carboxylic acids is 1. The normalized spacial score (nSPS) is 23.1. The van der Waals surface area contributed by atoms with Crippen LogP contribution < -0.4 is 5.32 Å². The molecule has 0 heterocycles. The maximum Gasteiger partial charge on any atom is 0.252 e. The number of hydrogen-bond donors (Lipinski definition) is 1. The van der Waals surface area contributed by atoms with Crippen molar-refractivity contribution in [3.8, 4) is 0 Å². The van der Waals surface area contributed by atoms with Crippen LogP contribution in [0.4, 0.5) is 0 Å². The molecular formula is C15H20BrNOS. The highest BCUT2D eigenvalue weighted by Gasteiger charge is 2.23. The summed E-state index contributed by atoms with van der Waals surface area (Å²) in [6.45, 7) is 2.01. The Morgan fingerprint density at radius 3 is 2.95 bits per heavy atom. The molecule has 2 rings (SSSR count). The molecule has 1 fully saturated rings. The van der Waals surface area contributed by atoms with Gasteiger partial charge in [0.15, 0.2) is 0 Å². The Balaban J connectivity index is 2.02. The molecular weight excluding hydrogens is 322 g/mol. The van der Waals surface area contributed by atoms with Gasteiger partial charge in [0.25, 0.3) is 5.91 Å². The summed E-state index contributed by atoms with van der Waals surface area (Å²) in [7, 11) is 0. The molecule has 2 nitrogen and oxygen atoms in total. The van der Waals surface area contributed by atoms with Crippen molar-refractivity contribution < 1.29 is 4.79 Å². The number of benzene rings is 1. The van der Waals surface area contributed by atoms with Crippen molar-refractivity contribution in [2.24, 2.45) is 0 Å². The summed E-state index contributed by atoms with van der Waals surface area (Å²) in [5, 5.41) is 3.88. The molecule has 0 aromatic heterocycles. The van der Waals surface area contributed by atoms with Crippen LogP contribution in [-0.2, 0) is 0 Å². The fourth-order valence-corrected chi connectivity index (χ4v) is 3.82. The van der Waals surface area contributed by atoms with Gasteiger partial charge in [0, 0.05) is 15.8 Å². The van der Waals surface area contributed by atoms with E-state index >= 15 is 0 Å². The second kappa shape index (κ2) is 6.80. The molecule has 4 heteroatoms. The van der Waals surface area contributed by atoms with E-state index in [0.717, 1.165) is 28.4 Å². The molecule has 1 amide bonds. The van der Waals surface area contributed by atoms with E-state index in [1.54, 1.807) is 0 Å². The van der Waals surface area contributed by atoms with Crippen LogP contribution in [-0.4, -0.2) is 23.5 Å². The molecule has 1 aliphatic rings. The van der Waals surface area contributed by atoms with E-state index in [-0.39, 0.29) is 5.91 Å². The minimum Gasteiger partial charge on any atom is -0.349 e. The summed E-state index contributed by atoms with van der Waals surface area (Å²) in [6.07, 6.45) is 6.85. The Hall–Kier alpha value is -0.480. The highest BCUT2D eigenvalue weighted by atomic mass is 79.9. The molecule has 2 atom stereocenters. The third-order valence-corrected chi connectivity index (χ3v) is 5.45. The first-order valence-electron chi connectivity index (χ1n) is 6.70. The van der Waals surface area contributed by atoms with Crippen LogP contribution in [0, 0.1) is 6.92 Å². The number of halogens is 1. The Bertz CT molecular complexity index is 463. The van der Waals surface area contributed by atoms with Crippen LogP contribution in [0.25, 0.3) is 0 Å². The van der Waals surface area contributed by atoms with E-state index in [2.05, 4.69) is 27.5 Å². The molecule has 2 unspecified atom stereocenters. The lowest BCUT2D eigenvalue weighted by Gasteiger charge is -2.28. The zero-order valence-corrected chi connectivity index (χ0v) is 13.8. The Kier molecular flexibility index (Phi) is 5.34. The minimum absolute atomic E-state index is 0.0438. The van der Waals surface area contributed by atoms with E-state index < -0.39 is 0 Å². The number of carbonyl (C=O) groups is 1. The topological polar surface area (TPSA) is 29.1 Å². The van der Waals surface area contributed by atoms with E-state index in [0.29, 0.717) is 11.3 Å². The van der Waals surface area contributed by atoms with E-state index in [4.69, 9.17) is 0 Å². The average Bonchev–Trinajstić information content (AvgIpc) is 2.41. The third kappa shape index (κ3) is 3.99. The van der Waals surface area contributed by atoms with Crippen molar-refractivity contribution >= 4 is 33.6 Å². The van der Waals surface area contributed by atoms with Crippen molar-refractivity contribution in [3.05, 3.63) is 33.8 Å². The molecule has 0 spiro atoms. The summed E-state index contributed by atoms with van der Waals surface area (Å²) in [4.78, 5) is 12.3. The maximum absolute atomic E-state index is 12.3. The van der Waals surface area contributed by atoms with Crippen molar-refractivity contribution in [1.82, 2.24) is 5.32 Å². The SMILES string of the molecule is CSC1CCCC(NC(=O)c2cc(C)ccc2Br)C1. The lowest BCUT2D eigenvalue weighted by Crippen LogP contribution is -2.39. The van der Waals surface area contributed by atoms with Crippen molar-refractivity contribution in [2.75, 3.05) is 6.26 Å². The third-order valence-electron chi connectivity index (χ3n) is 3.66. The number of amides is 1. The van der Waals surface area contributed by atoms with Crippen LogP contribution in [0.3, 0.4) is 0 Å². The molecule has 0 radical (unpaired) electrons. The smallest absolute Gasteiger partial charge is 0.252 e. The average molecular weight is 342 g/mol. The van der Waals surface area contributed by atoms with Crippen LogP contribution >= 0.6 is 27.7 Å². The predicted octanol–water partition coefficient (Wildman–Crippen LogP) is 4.16. The van der Waals surface area contributed by atoms with Gasteiger partial charge in [-0.2, -0.15) is 11.8 Å². The van der Waals surface area contributed by atoms with Crippen molar-refractivity contribution in [2.45, 2.75) is 43.9 Å². The first-order valence-corrected chi connectivity index (χ1v) is 8.78. The molecule has 19 heavy (non-hydrogen) atoms. The van der Waals surface area contributed by atoms with Crippen LogP contribution in [0.1, 0.15) is 41.6 Å². The van der Waals surface area contributed by atoms with Gasteiger partial charge < -0.3 is 5.32 Å². The summed E-state index contributed by atoms with van der Waals surface area (Å²) in [6, 6.07) is 6.21. The van der Waals surface area contributed by atoms with Gasteiger partial charge in [-0.3, -0.25) is 4.79 Å². The van der Waals surface area contributed by atoms with Crippen LogP contribution in [0.2, 0.25) is 0 Å². The Morgan fingerprint density at radius 1 is 1.42 bits per heavy atom. The highest BCUT2D eigenvalue weighted by molar-refractivity contribution is 9.10. The predicted molar refractivity (Wildman–Crippen MR) is 85.9 cm³/mol. The standard InChI is InChI=1S/C15H20BrNOS/c1-10-6-7-14(16)13(8-10)15(18)17-11-4-3-5-12(9-11)19-2/h6-8,11-12H,3-5,9H2,1-2H3,(H,17,18). The summed E-state index contributed by atoms with van der Waals surface area (Å²) >= 11 is 5.37. The fraction of sp³-hybridized carbons (Fsp3) is 0.533. The zero-order valence-electron chi connectivity index (χ0n) is 11.4. The number of hydrogen-bond acceptors (Lipinski definition) is 2. The molecule has 1 saturated carbocycles. The van der Waals surface area contributed by atoms with Gasteiger partial charge in [-0.05, 0) is 60.5 Å². The fourth-order valence-electron chi connectivity index (χ4n) is 2.57. The van der Waals surface area contributed by atoms with Gasteiger partial charge in [-0.25, -0.2) is 0 Å². The Morgan fingerprint density at radius 2 is 2.21 bits per heavy atom. The van der Waals surface area contributed by atoms with E-state index in [9.17, 15) is 4.79 Å². The minimum atomic E-state index is 0.0438. The lowest BCUT2D eigenvalue weighted by molar-refractivity contribution is 0.0927. The maximum atomic E-state index is 12.3. The molecule has 1 aliphatic carbocycles. The monoisotopic (exact) mass is 341 g/mol. The second-order valence-corrected chi connectivity index (χ2v) is 7.17. The summed E-state index contributed by atoms with van der Waals surface area (Å²) in [5.74, 6) is 0.0438. The second-order valence-electron chi connectivity index (χ2n) is 5.18. The number of rotatable bonds is 3. The van der Waals surface area contributed by atoms with Gasteiger partial charge in [-0.15, -0.1) is 0 Å². The van der Waals surface area contributed by atoms with Crippen molar-refractivity contribution in [3.63, 3.8) is 0 Å². The van der Waals surface area contributed by atoms with E-state index in [1.807, 2.05) is 36.9 Å². The molecule has 104 valence electrons. The molecule has 0 bridgehead atoms. The first kappa shape index (κ1) is 14.9. The summed E-state index contributed by atoms with van der Waals surface area (Å²) in [5.41, 5.74) is 1.85. The molecule has 1 aromatic rings. The van der Waals surface area contributed by atoms with Gasteiger partial charge in [0.1, 0.15) is 0 Å². The highest BCUT2D eigenvalue weighted by Crippen LogP contribution is 2.27.